The van der Waals surface area contributed by atoms with E-state index in [1.165, 1.54) is 20.1 Å². The van der Waals surface area contributed by atoms with Crippen LogP contribution in [0.3, 0.4) is 0 Å². The van der Waals surface area contributed by atoms with Crippen molar-refractivity contribution in [2.24, 2.45) is 0 Å². The van der Waals surface area contributed by atoms with Crippen LogP contribution in [0.5, 0.6) is 0 Å². The molecule has 0 saturated carbocycles. The number of amides is 1. The summed E-state index contributed by atoms with van der Waals surface area (Å²) in [5.74, 6) is -1.19. The van der Waals surface area contributed by atoms with Gasteiger partial charge in [0.05, 0.1) is 7.11 Å². The molecule has 0 saturated heterocycles. The summed E-state index contributed by atoms with van der Waals surface area (Å²) in [6.07, 6.45) is 0. The molecule has 0 aliphatic heterocycles. The van der Waals surface area contributed by atoms with Crippen LogP contribution in [0.1, 0.15) is 12.5 Å². The molecule has 0 aliphatic rings. The summed E-state index contributed by atoms with van der Waals surface area (Å²) in [5.41, 5.74) is 0.494. The van der Waals surface area contributed by atoms with E-state index in [4.69, 9.17) is 0 Å². The maximum absolute atomic E-state index is 13.3. The summed E-state index contributed by atoms with van der Waals surface area (Å²) in [4.78, 5) is 22.4. The first-order valence-corrected chi connectivity index (χ1v) is 5.83. The number of hydrogen-bond acceptors (Lipinski definition) is 4. The lowest BCUT2D eigenvalue weighted by Gasteiger charge is -2.16. The molecule has 1 rings (SSSR count). The minimum atomic E-state index is -0.783. The number of methoxy groups -OCH3 is 1. The standard InChI is InChI=1S/C13H17FN2O3/c1-9(17)16-12(13(18)19-2)8-15-7-10-5-3-4-6-11(10)14/h3-6,12,15H,7-8H2,1-2H3,(H,16,17). The number of rotatable bonds is 6. The summed E-state index contributed by atoms with van der Waals surface area (Å²) in [6.45, 7) is 1.74. The zero-order valence-electron chi connectivity index (χ0n) is 10.9. The Labute approximate surface area is 111 Å². The molecule has 1 amide bonds. The molecule has 1 unspecified atom stereocenters. The van der Waals surface area contributed by atoms with Crippen LogP contribution in [0.2, 0.25) is 0 Å². The van der Waals surface area contributed by atoms with Crippen molar-refractivity contribution in [3.63, 3.8) is 0 Å². The monoisotopic (exact) mass is 268 g/mol. The fourth-order valence-electron chi connectivity index (χ4n) is 1.57. The van der Waals surface area contributed by atoms with Gasteiger partial charge in [0.15, 0.2) is 0 Å². The summed E-state index contributed by atoms with van der Waals surface area (Å²) in [6, 6.07) is 5.56. The van der Waals surface area contributed by atoms with Crippen molar-refractivity contribution in [1.29, 1.82) is 0 Å². The van der Waals surface area contributed by atoms with E-state index in [-0.39, 0.29) is 24.8 Å². The number of ether oxygens (including phenoxy) is 1. The molecule has 0 aromatic heterocycles. The van der Waals surface area contributed by atoms with E-state index in [9.17, 15) is 14.0 Å². The molecule has 19 heavy (non-hydrogen) atoms. The Morgan fingerprint density at radius 2 is 2.05 bits per heavy atom. The molecule has 0 aliphatic carbocycles. The second-order valence-electron chi connectivity index (χ2n) is 4.00. The van der Waals surface area contributed by atoms with Crippen molar-refractivity contribution in [2.75, 3.05) is 13.7 Å². The number of hydrogen-bond donors (Lipinski definition) is 2. The van der Waals surface area contributed by atoms with E-state index < -0.39 is 12.0 Å². The molecule has 6 heteroatoms. The molecule has 1 atom stereocenters. The third kappa shape index (κ3) is 5.05. The highest BCUT2D eigenvalue weighted by Crippen LogP contribution is 2.05. The average molecular weight is 268 g/mol. The topological polar surface area (TPSA) is 67.4 Å². The van der Waals surface area contributed by atoms with Crippen LogP contribution in [-0.4, -0.2) is 31.6 Å². The third-order valence-electron chi connectivity index (χ3n) is 2.48. The maximum Gasteiger partial charge on any atom is 0.329 e. The largest absolute Gasteiger partial charge is 0.467 e. The quantitative estimate of drug-likeness (QED) is 0.741. The van der Waals surface area contributed by atoms with Gasteiger partial charge in [-0.3, -0.25) is 4.79 Å². The van der Waals surface area contributed by atoms with Crippen LogP contribution in [0, 0.1) is 5.82 Å². The molecule has 1 aromatic rings. The van der Waals surface area contributed by atoms with Gasteiger partial charge >= 0.3 is 5.97 Å². The predicted molar refractivity (Wildman–Crippen MR) is 67.7 cm³/mol. The van der Waals surface area contributed by atoms with E-state index in [0.717, 1.165) is 0 Å². The van der Waals surface area contributed by atoms with Crippen molar-refractivity contribution < 1.29 is 18.7 Å². The molecule has 0 bridgehead atoms. The summed E-state index contributed by atoms with van der Waals surface area (Å²) in [7, 11) is 1.24. The SMILES string of the molecule is COC(=O)C(CNCc1ccccc1F)NC(C)=O. The Morgan fingerprint density at radius 3 is 2.63 bits per heavy atom. The van der Waals surface area contributed by atoms with Crippen molar-refractivity contribution in [2.45, 2.75) is 19.5 Å². The smallest absolute Gasteiger partial charge is 0.329 e. The van der Waals surface area contributed by atoms with Crippen molar-refractivity contribution >= 4 is 11.9 Å². The normalized spacial score (nSPS) is 11.7. The fraction of sp³-hybridized carbons (Fsp3) is 0.385. The number of nitrogens with one attached hydrogen (secondary N) is 2. The molecule has 0 radical (unpaired) electrons. The van der Waals surface area contributed by atoms with Crippen LogP contribution >= 0.6 is 0 Å². The van der Waals surface area contributed by atoms with E-state index in [1.807, 2.05) is 0 Å². The molecule has 104 valence electrons. The second-order valence-corrected chi connectivity index (χ2v) is 4.00. The zero-order valence-corrected chi connectivity index (χ0v) is 10.9. The first kappa shape index (κ1) is 15.1. The highest BCUT2D eigenvalue weighted by molar-refractivity contribution is 5.83. The molecule has 2 N–H and O–H groups in total. The summed E-state index contributed by atoms with van der Waals surface area (Å²) < 4.78 is 17.9. The summed E-state index contributed by atoms with van der Waals surface area (Å²) >= 11 is 0. The number of halogens is 1. The van der Waals surface area contributed by atoms with E-state index in [0.29, 0.717) is 5.56 Å². The lowest BCUT2D eigenvalue weighted by atomic mass is 10.2. The van der Waals surface area contributed by atoms with Crippen LogP contribution < -0.4 is 10.6 Å². The number of carbonyl (C=O) groups is 2. The molecule has 0 fully saturated rings. The van der Waals surface area contributed by atoms with Crippen molar-refractivity contribution in [1.82, 2.24) is 10.6 Å². The maximum atomic E-state index is 13.3. The van der Waals surface area contributed by atoms with E-state index in [1.54, 1.807) is 18.2 Å². The first-order chi connectivity index (χ1) is 9.04. The molecule has 0 heterocycles. The number of esters is 1. The Hall–Kier alpha value is -1.95. The van der Waals surface area contributed by atoms with Crippen molar-refractivity contribution in [3.8, 4) is 0 Å². The number of benzene rings is 1. The lowest BCUT2D eigenvalue weighted by Crippen LogP contribution is -2.47. The van der Waals surface area contributed by atoms with Crippen LogP contribution in [0.15, 0.2) is 24.3 Å². The Bertz CT molecular complexity index is 451. The van der Waals surface area contributed by atoms with Gasteiger partial charge in [-0.2, -0.15) is 0 Å². The Balaban J connectivity index is 2.50. The molecular formula is C13H17FN2O3. The zero-order chi connectivity index (χ0) is 14.3. The van der Waals surface area contributed by atoms with Crippen molar-refractivity contribution in [3.05, 3.63) is 35.6 Å². The Morgan fingerprint density at radius 1 is 1.37 bits per heavy atom. The van der Waals surface area contributed by atoms with Gasteiger partial charge in [0.2, 0.25) is 5.91 Å². The molecular weight excluding hydrogens is 251 g/mol. The second kappa shape index (κ2) is 7.48. The number of carbonyl (C=O) groups excluding carboxylic acids is 2. The predicted octanol–water partition coefficient (Wildman–Crippen LogP) is 0.593. The highest BCUT2D eigenvalue weighted by atomic mass is 19.1. The first-order valence-electron chi connectivity index (χ1n) is 5.83. The third-order valence-corrected chi connectivity index (χ3v) is 2.48. The molecule has 1 aromatic carbocycles. The summed E-state index contributed by atoms with van der Waals surface area (Å²) in [5, 5.41) is 5.37. The van der Waals surface area contributed by atoms with Crippen LogP contribution in [0.4, 0.5) is 4.39 Å². The van der Waals surface area contributed by atoms with Gasteiger partial charge in [0.1, 0.15) is 11.9 Å². The molecule has 5 nitrogen and oxygen atoms in total. The van der Waals surface area contributed by atoms with E-state index in [2.05, 4.69) is 15.4 Å². The minimum absolute atomic E-state index is 0.167. The van der Waals surface area contributed by atoms with Gasteiger partial charge in [-0.1, -0.05) is 18.2 Å². The van der Waals surface area contributed by atoms with Gasteiger partial charge in [0.25, 0.3) is 0 Å². The highest BCUT2D eigenvalue weighted by Gasteiger charge is 2.19. The van der Waals surface area contributed by atoms with Gasteiger partial charge < -0.3 is 15.4 Å². The van der Waals surface area contributed by atoms with Crippen LogP contribution in [0.25, 0.3) is 0 Å². The van der Waals surface area contributed by atoms with Gasteiger partial charge in [-0.25, -0.2) is 9.18 Å². The van der Waals surface area contributed by atoms with Gasteiger partial charge in [-0.15, -0.1) is 0 Å². The van der Waals surface area contributed by atoms with Gasteiger partial charge in [-0.05, 0) is 6.07 Å². The molecule has 0 spiro atoms. The minimum Gasteiger partial charge on any atom is -0.467 e. The van der Waals surface area contributed by atoms with E-state index >= 15 is 0 Å². The Kier molecular flexibility index (Phi) is 5.95. The van der Waals surface area contributed by atoms with Gasteiger partial charge in [0, 0.05) is 25.6 Å². The average Bonchev–Trinajstić information content (AvgIpc) is 2.38. The fourth-order valence-corrected chi connectivity index (χ4v) is 1.57. The lowest BCUT2D eigenvalue weighted by molar-refractivity contribution is -0.144. The van der Waals surface area contributed by atoms with Crippen LogP contribution in [-0.2, 0) is 20.9 Å².